The van der Waals surface area contributed by atoms with Gasteiger partial charge in [0.15, 0.2) is 0 Å². The summed E-state index contributed by atoms with van der Waals surface area (Å²) in [6.45, 7) is 8.36. The number of nitrogens with zero attached hydrogens (tertiary/aromatic N) is 4. The second kappa shape index (κ2) is 8.36. The number of likely N-dealkylation sites (tertiary alicyclic amines) is 2. The molecule has 0 aromatic carbocycles. The van der Waals surface area contributed by atoms with Gasteiger partial charge in [-0.2, -0.15) is 0 Å². The molecular weight excluding hydrogens is 352 g/mol. The first kappa shape index (κ1) is 19.6. The van der Waals surface area contributed by atoms with E-state index in [1.807, 2.05) is 9.47 Å². The van der Waals surface area contributed by atoms with E-state index in [-0.39, 0.29) is 17.4 Å². The van der Waals surface area contributed by atoms with Crippen molar-refractivity contribution in [3.05, 3.63) is 27.9 Å². The van der Waals surface area contributed by atoms with Crippen LogP contribution in [-0.4, -0.2) is 57.5 Å². The highest BCUT2D eigenvalue weighted by molar-refractivity contribution is 5.78. The highest BCUT2D eigenvalue weighted by Gasteiger charge is 2.32. The highest BCUT2D eigenvalue weighted by atomic mass is 16.2. The van der Waals surface area contributed by atoms with Crippen molar-refractivity contribution in [3.63, 3.8) is 0 Å². The monoisotopic (exact) mass is 386 g/mol. The van der Waals surface area contributed by atoms with Crippen LogP contribution in [0.25, 0.3) is 0 Å². The molecular formula is C22H34N4O2. The number of fused-ring (bicyclic) bond motifs is 1. The maximum absolute atomic E-state index is 12.9. The predicted molar refractivity (Wildman–Crippen MR) is 109 cm³/mol. The summed E-state index contributed by atoms with van der Waals surface area (Å²) < 4.78 is 1.85. The lowest BCUT2D eigenvalue weighted by Gasteiger charge is -2.38. The molecule has 28 heavy (non-hydrogen) atoms. The summed E-state index contributed by atoms with van der Waals surface area (Å²) in [4.78, 5) is 34.7. The van der Waals surface area contributed by atoms with E-state index >= 15 is 0 Å². The minimum Gasteiger partial charge on any atom is -0.341 e. The molecule has 0 aliphatic carbocycles. The number of aromatic nitrogens is 2. The predicted octanol–water partition coefficient (Wildman–Crippen LogP) is 2.41. The largest absolute Gasteiger partial charge is 0.341 e. The van der Waals surface area contributed by atoms with Crippen LogP contribution in [-0.2, 0) is 17.8 Å². The molecule has 0 radical (unpaired) electrons. The van der Waals surface area contributed by atoms with Crippen LogP contribution in [0.3, 0.4) is 0 Å². The Bertz CT molecular complexity index is 774. The number of carbonyl (C=O) groups excluding carboxylic acids is 1. The van der Waals surface area contributed by atoms with Crippen molar-refractivity contribution in [1.29, 1.82) is 0 Å². The first-order valence-electron chi connectivity index (χ1n) is 11.2. The van der Waals surface area contributed by atoms with Crippen molar-refractivity contribution in [2.75, 3.05) is 26.2 Å². The Morgan fingerprint density at radius 2 is 1.96 bits per heavy atom. The van der Waals surface area contributed by atoms with Crippen LogP contribution in [0.5, 0.6) is 0 Å². The van der Waals surface area contributed by atoms with Crippen LogP contribution in [0.15, 0.2) is 10.9 Å². The number of aryl methyl sites for hydroxylation is 1. The van der Waals surface area contributed by atoms with Gasteiger partial charge in [0.25, 0.3) is 5.56 Å². The van der Waals surface area contributed by atoms with Crippen molar-refractivity contribution in [2.45, 2.75) is 77.3 Å². The van der Waals surface area contributed by atoms with Gasteiger partial charge in [-0.25, -0.2) is 4.98 Å². The molecule has 0 bridgehead atoms. The van der Waals surface area contributed by atoms with E-state index in [1.165, 1.54) is 12.8 Å². The molecule has 154 valence electrons. The van der Waals surface area contributed by atoms with Gasteiger partial charge in [0, 0.05) is 44.1 Å². The van der Waals surface area contributed by atoms with Gasteiger partial charge in [-0.3, -0.25) is 19.1 Å². The summed E-state index contributed by atoms with van der Waals surface area (Å²) in [5, 5.41) is 0. The summed E-state index contributed by atoms with van der Waals surface area (Å²) in [6, 6.07) is 2.20. The number of hydrogen-bond acceptors (Lipinski definition) is 4. The van der Waals surface area contributed by atoms with Gasteiger partial charge in [-0.1, -0.05) is 13.3 Å². The molecule has 4 rings (SSSR count). The van der Waals surface area contributed by atoms with Gasteiger partial charge in [-0.15, -0.1) is 0 Å². The van der Waals surface area contributed by atoms with Crippen LogP contribution in [0.4, 0.5) is 0 Å². The van der Waals surface area contributed by atoms with Crippen LogP contribution in [0.1, 0.15) is 69.8 Å². The molecule has 0 saturated carbocycles. The molecule has 6 nitrogen and oxygen atoms in total. The Kier molecular flexibility index (Phi) is 5.85. The first-order valence-corrected chi connectivity index (χ1v) is 11.2. The molecule has 1 aromatic heterocycles. The standard InChI is InChI=1S/C22H34N4O2/c1-16-7-6-10-24(17(16)2)15-22(28)25-12-9-18(14-25)19-13-21(27)26-11-5-3-4-8-20(26)23-19/h13,16-18H,3-12,14-15H2,1-2H3/t16-,17+,18+/m1/s1. The van der Waals surface area contributed by atoms with Gasteiger partial charge >= 0.3 is 0 Å². The van der Waals surface area contributed by atoms with E-state index in [1.54, 1.807) is 6.07 Å². The molecule has 1 amide bonds. The smallest absolute Gasteiger partial charge is 0.253 e. The minimum atomic E-state index is 0.0859. The number of carbonyl (C=O) groups is 1. The van der Waals surface area contributed by atoms with Gasteiger partial charge in [0.2, 0.25) is 5.91 Å². The summed E-state index contributed by atoms with van der Waals surface area (Å²) in [5.74, 6) is 2.03. The maximum atomic E-state index is 12.9. The Balaban J connectivity index is 1.41. The maximum Gasteiger partial charge on any atom is 0.253 e. The van der Waals surface area contributed by atoms with E-state index in [0.29, 0.717) is 25.0 Å². The SMILES string of the molecule is C[C@@H]1CCCN(CC(=O)N2CC[C@H](c3cc(=O)n4c(n3)CCCCC4)C2)[C@H]1C. The fourth-order valence-corrected chi connectivity index (χ4v) is 5.09. The second-order valence-corrected chi connectivity index (χ2v) is 9.05. The zero-order chi connectivity index (χ0) is 19.7. The molecule has 0 unspecified atom stereocenters. The lowest BCUT2D eigenvalue weighted by molar-refractivity contribution is -0.132. The third-order valence-electron chi connectivity index (χ3n) is 7.19. The van der Waals surface area contributed by atoms with Crippen molar-refractivity contribution in [2.24, 2.45) is 5.92 Å². The van der Waals surface area contributed by atoms with Gasteiger partial charge in [0.1, 0.15) is 5.82 Å². The molecule has 2 saturated heterocycles. The van der Waals surface area contributed by atoms with Gasteiger partial charge in [-0.05, 0) is 51.5 Å². The number of piperidine rings is 1. The highest BCUT2D eigenvalue weighted by Crippen LogP contribution is 2.27. The van der Waals surface area contributed by atoms with Crippen molar-refractivity contribution in [3.8, 4) is 0 Å². The average molecular weight is 387 g/mol. The normalized spacial score (nSPS) is 28.8. The first-order chi connectivity index (χ1) is 13.5. The molecule has 0 N–H and O–H groups in total. The lowest BCUT2D eigenvalue weighted by Crippen LogP contribution is -2.48. The molecule has 4 heterocycles. The van der Waals surface area contributed by atoms with E-state index in [2.05, 4.69) is 18.7 Å². The molecule has 2 fully saturated rings. The van der Waals surface area contributed by atoms with Crippen LogP contribution in [0.2, 0.25) is 0 Å². The van der Waals surface area contributed by atoms with E-state index in [4.69, 9.17) is 4.98 Å². The van der Waals surface area contributed by atoms with Gasteiger partial charge < -0.3 is 4.90 Å². The lowest BCUT2D eigenvalue weighted by atomic mass is 9.92. The fraction of sp³-hybridized carbons (Fsp3) is 0.773. The zero-order valence-electron chi connectivity index (χ0n) is 17.4. The van der Waals surface area contributed by atoms with Gasteiger partial charge in [0.05, 0.1) is 12.2 Å². The Morgan fingerprint density at radius 1 is 1.11 bits per heavy atom. The second-order valence-electron chi connectivity index (χ2n) is 9.05. The summed E-state index contributed by atoms with van der Waals surface area (Å²) in [7, 11) is 0. The molecule has 6 heteroatoms. The number of hydrogen-bond donors (Lipinski definition) is 0. The summed E-state index contributed by atoms with van der Waals surface area (Å²) in [6.07, 6.45) is 7.58. The molecule has 0 spiro atoms. The Morgan fingerprint density at radius 3 is 2.82 bits per heavy atom. The van der Waals surface area contributed by atoms with Crippen LogP contribution < -0.4 is 5.56 Å². The average Bonchev–Trinajstić information content (AvgIpc) is 3.05. The van der Waals surface area contributed by atoms with Crippen LogP contribution in [0, 0.1) is 5.92 Å². The van der Waals surface area contributed by atoms with Crippen molar-refractivity contribution < 1.29 is 4.79 Å². The van der Waals surface area contributed by atoms with Crippen LogP contribution >= 0.6 is 0 Å². The Labute approximate surface area is 167 Å². The molecule has 3 aliphatic heterocycles. The fourth-order valence-electron chi connectivity index (χ4n) is 5.09. The van der Waals surface area contributed by atoms with E-state index < -0.39 is 0 Å². The molecule has 1 aromatic rings. The quantitative estimate of drug-likeness (QED) is 0.800. The molecule has 3 atom stereocenters. The topological polar surface area (TPSA) is 58.4 Å². The number of rotatable bonds is 3. The number of amides is 1. The third-order valence-corrected chi connectivity index (χ3v) is 7.19. The summed E-state index contributed by atoms with van der Waals surface area (Å²) in [5.41, 5.74) is 0.983. The molecule has 3 aliphatic rings. The third kappa shape index (κ3) is 4.02. The summed E-state index contributed by atoms with van der Waals surface area (Å²) >= 11 is 0. The zero-order valence-corrected chi connectivity index (χ0v) is 17.4. The van der Waals surface area contributed by atoms with E-state index in [9.17, 15) is 9.59 Å². The van der Waals surface area contributed by atoms with Crippen molar-refractivity contribution >= 4 is 5.91 Å². The van der Waals surface area contributed by atoms with Crippen molar-refractivity contribution in [1.82, 2.24) is 19.4 Å². The van der Waals surface area contributed by atoms with E-state index in [0.717, 1.165) is 63.3 Å². The Hall–Kier alpha value is -1.69. The minimum absolute atomic E-state index is 0.0859.